The van der Waals surface area contributed by atoms with Crippen molar-refractivity contribution >= 4 is 0 Å². The third-order valence-corrected chi connectivity index (χ3v) is 3.64. The predicted molar refractivity (Wildman–Crippen MR) is 50.7 cm³/mol. The quantitative estimate of drug-likeness (QED) is 0.485. The van der Waals surface area contributed by atoms with Crippen LogP contribution in [0.25, 0.3) is 0 Å². The van der Waals surface area contributed by atoms with Gasteiger partial charge in [-0.05, 0) is 0 Å². The Morgan fingerprint density at radius 2 is 1.14 bits per heavy atom. The van der Waals surface area contributed by atoms with Crippen LogP contribution in [0, 0.1) is 0 Å². The average Bonchev–Trinajstić information content (AvgIpc) is 2.21. The van der Waals surface area contributed by atoms with Crippen molar-refractivity contribution in [2.24, 2.45) is 0 Å². The van der Waals surface area contributed by atoms with Gasteiger partial charge >= 0.3 is 89.6 Å². The summed E-state index contributed by atoms with van der Waals surface area (Å²) in [4.78, 5) is 0. The van der Waals surface area contributed by atoms with E-state index < -0.39 is 18.1 Å². The Morgan fingerprint density at radius 1 is 0.857 bits per heavy atom. The average molecular weight is 236 g/mol. The first-order chi connectivity index (χ1) is 6.68. The van der Waals surface area contributed by atoms with Gasteiger partial charge in [0, 0.05) is 0 Å². The van der Waals surface area contributed by atoms with Crippen molar-refractivity contribution in [2.45, 2.75) is 0 Å². The molecule has 0 saturated heterocycles. The van der Waals surface area contributed by atoms with Crippen LogP contribution in [-0.2, 0) is 28.1 Å². The first kappa shape index (κ1) is 13.8. The fourth-order valence-corrected chi connectivity index (χ4v) is 2.55. The molecule has 0 amide bonds. The van der Waals surface area contributed by atoms with Gasteiger partial charge in [-0.25, -0.2) is 0 Å². The Hall–Kier alpha value is -0.226. The van der Waals surface area contributed by atoms with Gasteiger partial charge in [0.15, 0.2) is 0 Å². The van der Waals surface area contributed by atoms with E-state index in [9.17, 15) is 3.69 Å². The van der Waals surface area contributed by atoms with Crippen LogP contribution in [0.5, 0.6) is 0 Å². The van der Waals surface area contributed by atoms with Crippen LogP contribution in [0.4, 0.5) is 0 Å². The predicted octanol–water partition coefficient (Wildman–Crippen LogP) is 1.40. The second-order valence-electron chi connectivity index (χ2n) is 2.32. The van der Waals surface area contributed by atoms with Crippen molar-refractivity contribution in [1.82, 2.24) is 0 Å². The standard InChI is InChI=1S/3C3H5O.H2O.Ti/c3*1-2-3-4;;/h3*2H,1,3H2;1H2;/q3*-1;;+4/p-1. The number of hydrogen-bond donors (Lipinski definition) is 1. The van der Waals surface area contributed by atoms with Crippen LogP contribution < -0.4 is 0 Å². The van der Waals surface area contributed by atoms with Crippen molar-refractivity contribution < 1.29 is 31.8 Å². The van der Waals surface area contributed by atoms with Crippen LogP contribution in [0.15, 0.2) is 38.0 Å². The monoisotopic (exact) mass is 236 g/mol. The van der Waals surface area contributed by atoms with E-state index in [1.807, 2.05) is 0 Å². The molecule has 14 heavy (non-hydrogen) atoms. The summed E-state index contributed by atoms with van der Waals surface area (Å²) in [7, 11) is 0. The summed E-state index contributed by atoms with van der Waals surface area (Å²) in [5.41, 5.74) is 0. The molecule has 0 bridgehead atoms. The molecule has 0 atom stereocenters. The SMILES string of the molecule is C=CC[O][Ti]([OH])([O]CC=C)[O]CC=C. The third kappa shape index (κ3) is 6.26. The van der Waals surface area contributed by atoms with Crippen LogP contribution >= 0.6 is 0 Å². The third-order valence-electron chi connectivity index (χ3n) is 1.15. The van der Waals surface area contributed by atoms with Crippen LogP contribution in [-0.4, -0.2) is 23.5 Å². The summed E-state index contributed by atoms with van der Waals surface area (Å²) in [6, 6.07) is 0. The molecule has 0 aromatic heterocycles. The molecule has 0 fully saturated rings. The molecular formula is C9H16O4Ti. The molecule has 5 heteroatoms. The van der Waals surface area contributed by atoms with Gasteiger partial charge in [0.05, 0.1) is 0 Å². The Bertz CT molecular complexity index is 162. The molecule has 0 saturated carbocycles. The molecule has 0 aliphatic rings. The molecule has 0 unspecified atom stereocenters. The van der Waals surface area contributed by atoms with Crippen LogP contribution in [0.2, 0.25) is 0 Å². The molecule has 0 aliphatic heterocycles. The topological polar surface area (TPSA) is 47.9 Å². The Labute approximate surface area is 89.7 Å². The Balaban J connectivity index is 4.07. The van der Waals surface area contributed by atoms with Gasteiger partial charge in [0.1, 0.15) is 0 Å². The minimum absolute atomic E-state index is 0.199. The molecule has 1 N–H and O–H groups in total. The summed E-state index contributed by atoms with van der Waals surface area (Å²) in [5.74, 6) is 0. The van der Waals surface area contributed by atoms with Crippen molar-refractivity contribution in [3.8, 4) is 0 Å². The summed E-state index contributed by atoms with van der Waals surface area (Å²) in [6.07, 6.45) is 4.56. The van der Waals surface area contributed by atoms with E-state index in [1.54, 1.807) is 0 Å². The molecule has 0 radical (unpaired) electrons. The van der Waals surface area contributed by atoms with E-state index >= 15 is 0 Å². The first-order valence-electron chi connectivity index (χ1n) is 4.15. The zero-order chi connectivity index (χ0) is 10.9. The van der Waals surface area contributed by atoms with E-state index in [1.165, 1.54) is 18.2 Å². The van der Waals surface area contributed by atoms with Crippen molar-refractivity contribution in [2.75, 3.05) is 19.8 Å². The van der Waals surface area contributed by atoms with E-state index in [4.69, 9.17) is 9.96 Å². The number of hydrogen-bond acceptors (Lipinski definition) is 4. The Kier molecular flexibility index (Phi) is 7.98. The van der Waals surface area contributed by atoms with E-state index in [0.29, 0.717) is 0 Å². The molecule has 80 valence electrons. The summed E-state index contributed by atoms with van der Waals surface area (Å²) in [5, 5.41) is 0. The second-order valence-corrected chi connectivity index (χ2v) is 5.31. The maximum absolute atomic E-state index is 9.78. The second kappa shape index (κ2) is 8.11. The molecular weight excluding hydrogens is 220 g/mol. The Morgan fingerprint density at radius 3 is 1.36 bits per heavy atom. The van der Waals surface area contributed by atoms with Gasteiger partial charge in [-0.1, -0.05) is 0 Å². The van der Waals surface area contributed by atoms with Crippen molar-refractivity contribution in [3.05, 3.63) is 38.0 Å². The zero-order valence-corrected chi connectivity index (χ0v) is 9.71. The molecule has 0 aromatic carbocycles. The van der Waals surface area contributed by atoms with E-state index in [2.05, 4.69) is 19.7 Å². The molecule has 0 spiro atoms. The van der Waals surface area contributed by atoms with Gasteiger partial charge in [-0.15, -0.1) is 0 Å². The summed E-state index contributed by atoms with van der Waals surface area (Å²) in [6.45, 7) is 11.0. The molecule has 4 nitrogen and oxygen atoms in total. The van der Waals surface area contributed by atoms with Crippen molar-refractivity contribution in [3.63, 3.8) is 0 Å². The van der Waals surface area contributed by atoms with Crippen LogP contribution in [0.1, 0.15) is 0 Å². The van der Waals surface area contributed by atoms with Gasteiger partial charge in [-0.3, -0.25) is 0 Å². The van der Waals surface area contributed by atoms with Crippen LogP contribution in [0.3, 0.4) is 0 Å². The molecule has 0 heterocycles. The van der Waals surface area contributed by atoms with Gasteiger partial charge in [0.25, 0.3) is 0 Å². The van der Waals surface area contributed by atoms with E-state index in [0.717, 1.165) is 0 Å². The fraction of sp³-hybridized carbons (Fsp3) is 0.333. The minimum atomic E-state index is -4.04. The van der Waals surface area contributed by atoms with Gasteiger partial charge in [-0.2, -0.15) is 0 Å². The summed E-state index contributed by atoms with van der Waals surface area (Å²) < 4.78 is 25.0. The maximum atomic E-state index is 9.78. The van der Waals surface area contributed by atoms with E-state index in [-0.39, 0.29) is 19.8 Å². The first-order valence-corrected chi connectivity index (χ1v) is 6.76. The van der Waals surface area contributed by atoms with Gasteiger partial charge in [0.2, 0.25) is 0 Å². The number of rotatable bonds is 9. The fourth-order valence-electron chi connectivity index (χ4n) is 0.618. The molecule has 0 aromatic rings. The molecule has 0 rings (SSSR count). The normalized spacial score (nSPS) is 10.9. The van der Waals surface area contributed by atoms with Gasteiger partial charge < -0.3 is 0 Å². The summed E-state index contributed by atoms with van der Waals surface area (Å²) >= 11 is -4.04. The van der Waals surface area contributed by atoms with Crippen molar-refractivity contribution in [1.29, 1.82) is 0 Å². The molecule has 0 aliphatic carbocycles. The zero-order valence-electron chi connectivity index (χ0n) is 8.15.